The lowest BCUT2D eigenvalue weighted by molar-refractivity contribution is 0.539. The van der Waals surface area contributed by atoms with Gasteiger partial charge in [0.15, 0.2) is 0 Å². The van der Waals surface area contributed by atoms with Crippen molar-refractivity contribution in [3.8, 4) is 0 Å². The van der Waals surface area contributed by atoms with Crippen LogP contribution < -0.4 is 16.0 Å². The molecule has 0 radical (unpaired) electrons. The monoisotopic (exact) mass is 296 g/mol. The van der Waals surface area contributed by atoms with E-state index in [0.717, 1.165) is 0 Å². The summed E-state index contributed by atoms with van der Waals surface area (Å²) in [6.45, 7) is 3.81. The fourth-order valence-electron chi connectivity index (χ4n) is 1.71. The third-order valence-electron chi connectivity index (χ3n) is 2.63. The first kappa shape index (κ1) is 14.3. The van der Waals surface area contributed by atoms with Crippen molar-refractivity contribution in [1.29, 1.82) is 0 Å². The maximum Gasteiger partial charge on any atom is 0.266 e. The number of nitrogens with two attached hydrogens (primary N) is 1. The van der Waals surface area contributed by atoms with Crippen LogP contribution in [0.4, 0.5) is 11.5 Å². The average Bonchev–Trinajstić information content (AvgIpc) is 2.86. The molecule has 0 unspecified atom stereocenters. The zero-order valence-electron chi connectivity index (χ0n) is 11.1. The molecule has 2 aromatic rings. The van der Waals surface area contributed by atoms with Crippen molar-refractivity contribution >= 4 is 21.5 Å². The molecule has 0 spiro atoms. The maximum atomic E-state index is 12.4. The third kappa shape index (κ3) is 2.73. The molecule has 2 rings (SSSR count). The van der Waals surface area contributed by atoms with E-state index in [9.17, 15) is 8.42 Å². The Kier molecular flexibility index (Phi) is 3.91. The minimum absolute atomic E-state index is 0.0287. The van der Waals surface area contributed by atoms with Crippen LogP contribution >= 0.6 is 0 Å². The Bertz CT molecular complexity index is 694. The summed E-state index contributed by atoms with van der Waals surface area (Å²) in [7, 11) is -3.80. The van der Waals surface area contributed by atoms with E-state index in [-0.39, 0.29) is 16.6 Å². The number of nitrogens with one attached hydrogen (secondary N) is 2. The summed E-state index contributed by atoms with van der Waals surface area (Å²) in [4.78, 5) is 3.78. The molecule has 4 N–H and O–H groups in total. The Labute approximate surface area is 117 Å². The standard InChI is InChI=1S/C11H16N6O2S/c1-8(2)17-11(4-6-14-17)16-20(18,19)10-7-13-5-3-9(10)15-12/h3-8,16H,12H2,1-2H3,(H,13,15). The molecule has 108 valence electrons. The van der Waals surface area contributed by atoms with Gasteiger partial charge in [-0.25, -0.2) is 13.1 Å². The summed E-state index contributed by atoms with van der Waals surface area (Å²) >= 11 is 0. The molecule has 2 aromatic heterocycles. The summed E-state index contributed by atoms with van der Waals surface area (Å²) in [6.07, 6.45) is 4.21. The van der Waals surface area contributed by atoms with Crippen molar-refractivity contribution in [2.45, 2.75) is 24.8 Å². The Morgan fingerprint density at radius 2 is 2.05 bits per heavy atom. The minimum Gasteiger partial charge on any atom is -0.323 e. The molecule has 0 fully saturated rings. The lowest BCUT2D eigenvalue weighted by Crippen LogP contribution is -2.20. The number of nitrogen functional groups attached to an aromatic ring is 1. The van der Waals surface area contributed by atoms with E-state index in [1.165, 1.54) is 24.7 Å². The molecule has 8 nitrogen and oxygen atoms in total. The lowest BCUT2D eigenvalue weighted by atomic mass is 10.4. The van der Waals surface area contributed by atoms with Crippen LogP contribution in [0.15, 0.2) is 35.6 Å². The highest BCUT2D eigenvalue weighted by atomic mass is 32.2. The highest BCUT2D eigenvalue weighted by Gasteiger charge is 2.20. The van der Waals surface area contributed by atoms with Crippen molar-refractivity contribution in [1.82, 2.24) is 14.8 Å². The molecule has 0 aliphatic carbocycles. The molecule has 2 heterocycles. The van der Waals surface area contributed by atoms with Crippen LogP contribution in [0, 0.1) is 0 Å². The summed E-state index contributed by atoms with van der Waals surface area (Å²) in [5.41, 5.74) is 2.60. The van der Waals surface area contributed by atoms with Crippen LogP contribution in [0.2, 0.25) is 0 Å². The van der Waals surface area contributed by atoms with E-state index in [0.29, 0.717) is 5.82 Å². The number of hydrazine groups is 1. The number of hydrogen-bond acceptors (Lipinski definition) is 6. The summed E-state index contributed by atoms with van der Waals surface area (Å²) < 4.78 is 28.8. The normalized spacial score (nSPS) is 11.6. The van der Waals surface area contributed by atoms with Gasteiger partial charge in [-0.05, 0) is 19.9 Å². The van der Waals surface area contributed by atoms with E-state index in [4.69, 9.17) is 5.84 Å². The first-order valence-electron chi connectivity index (χ1n) is 5.92. The lowest BCUT2D eigenvalue weighted by Gasteiger charge is -2.14. The summed E-state index contributed by atoms with van der Waals surface area (Å²) in [5.74, 6) is 5.69. The van der Waals surface area contributed by atoms with Crippen LogP contribution in [-0.2, 0) is 10.0 Å². The van der Waals surface area contributed by atoms with Gasteiger partial charge < -0.3 is 5.43 Å². The molecule has 0 aromatic carbocycles. The SMILES string of the molecule is CC(C)n1nccc1NS(=O)(=O)c1cnccc1NN. The Morgan fingerprint density at radius 3 is 2.70 bits per heavy atom. The predicted molar refractivity (Wildman–Crippen MR) is 75.5 cm³/mol. The van der Waals surface area contributed by atoms with Crippen LogP contribution in [0.1, 0.15) is 19.9 Å². The molecule has 0 amide bonds. The predicted octanol–water partition coefficient (Wildman–Crippen LogP) is 0.945. The van der Waals surface area contributed by atoms with E-state index in [1.807, 2.05) is 13.8 Å². The van der Waals surface area contributed by atoms with Gasteiger partial charge in [-0.3, -0.25) is 15.5 Å². The van der Waals surface area contributed by atoms with Gasteiger partial charge >= 0.3 is 0 Å². The number of aromatic nitrogens is 3. The molecular weight excluding hydrogens is 280 g/mol. The van der Waals surface area contributed by atoms with Crippen molar-refractivity contribution in [2.75, 3.05) is 10.1 Å². The molecule has 0 aliphatic rings. The largest absolute Gasteiger partial charge is 0.323 e. The Morgan fingerprint density at radius 1 is 1.30 bits per heavy atom. The quantitative estimate of drug-likeness (QED) is 0.559. The summed E-state index contributed by atoms with van der Waals surface area (Å²) in [6, 6.07) is 3.10. The number of nitrogens with zero attached hydrogens (tertiary/aromatic N) is 3. The molecule has 9 heteroatoms. The number of pyridine rings is 1. The number of rotatable bonds is 5. The van der Waals surface area contributed by atoms with Gasteiger partial charge in [0.25, 0.3) is 10.0 Å². The van der Waals surface area contributed by atoms with Gasteiger partial charge in [0.2, 0.25) is 0 Å². The molecular formula is C11H16N6O2S. The highest BCUT2D eigenvalue weighted by Crippen LogP contribution is 2.22. The van der Waals surface area contributed by atoms with E-state index < -0.39 is 10.0 Å². The molecule has 0 atom stereocenters. The van der Waals surface area contributed by atoms with E-state index in [2.05, 4.69) is 20.2 Å². The Hall–Kier alpha value is -2.13. The summed E-state index contributed by atoms with van der Waals surface area (Å²) in [5, 5.41) is 4.07. The third-order valence-corrected chi connectivity index (χ3v) is 4.01. The highest BCUT2D eigenvalue weighted by molar-refractivity contribution is 7.92. The number of hydrogen-bond donors (Lipinski definition) is 3. The topological polar surface area (TPSA) is 115 Å². The van der Waals surface area contributed by atoms with Crippen molar-refractivity contribution in [3.63, 3.8) is 0 Å². The van der Waals surface area contributed by atoms with Gasteiger partial charge in [0, 0.05) is 24.5 Å². The van der Waals surface area contributed by atoms with Crippen LogP contribution in [0.3, 0.4) is 0 Å². The zero-order valence-corrected chi connectivity index (χ0v) is 11.9. The average molecular weight is 296 g/mol. The van der Waals surface area contributed by atoms with Gasteiger partial charge in [0.1, 0.15) is 10.7 Å². The molecule has 0 bridgehead atoms. The van der Waals surface area contributed by atoms with Crippen LogP contribution in [-0.4, -0.2) is 23.2 Å². The number of sulfonamides is 1. The fourth-order valence-corrected chi connectivity index (χ4v) is 2.88. The zero-order chi connectivity index (χ0) is 14.8. The van der Waals surface area contributed by atoms with Gasteiger partial charge in [-0.1, -0.05) is 0 Å². The van der Waals surface area contributed by atoms with Gasteiger partial charge in [-0.2, -0.15) is 5.10 Å². The van der Waals surface area contributed by atoms with E-state index in [1.54, 1.807) is 10.7 Å². The fraction of sp³-hybridized carbons (Fsp3) is 0.273. The van der Waals surface area contributed by atoms with Crippen molar-refractivity contribution in [2.24, 2.45) is 5.84 Å². The molecule has 0 saturated carbocycles. The number of anilines is 2. The first-order valence-corrected chi connectivity index (χ1v) is 7.41. The van der Waals surface area contributed by atoms with Crippen LogP contribution in [0.5, 0.6) is 0 Å². The van der Waals surface area contributed by atoms with Gasteiger partial charge in [-0.15, -0.1) is 0 Å². The molecule has 20 heavy (non-hydrogen) atoms. The van der Waals surface area contributed by atoms with Crippen molar-refractivity contribution in [3.05, 3.63) is 30.7 Å². The molecule has 0 aliphatic heterocycles. The molecule has 0 saturated heterocycles. The second-order valence-electron chi connectivity index (χ2n) is 4.38. The smallest absolute Gasteiger partial charge is 0.266 e. The second kappa shape index (κ2) is 5.47. The maximum absolute atomic E-state index is 12.4. The second-order valence-corrected chi connectivity index (χ2v) is 6.03. The van der Waals surface area contributed by atoms with Gasteiger partial charge in [0.05, 0.1) is 11.9 Å². The van der Waals surface area contributed by atoms with Crippen LogP contribution in [0.25, 0.3) is 0 Å². The Balaban J connectivity index is 2.39. The van der Waals surface area contributed by atoms with E-state index >= 15 is 0 Å². The minimum atomic E-state index is -3.80. The van der Waals surface area contributed by atoms with Crippen molar-refractivity contribution < 1.29 is 8.42 Å². The first-order chi connectivity index (χ1) is 9.45.